The highest BCUT2D eigenvalue weighted by molar-refractivity contribution is 9.10. The molecule has 22 heavy (non-hydrogen) atoms. The van der Waals surface area contributed by atoms with Crippen LogP contribution in [0.25, 0.3) is 0 Å². The Balaban J connectivity index is 2.19. The summed E-state index contributed by atoms with van der Waals surface area (Å²) in [6, 6.07) is 10.2. The number of halogens is 4. The average Bonchev–Trinajstić information content (AvgIpc) is 2.36. The van der Waals surface area contributed by atoms with Gasteiger partial charge < -0.3 is 4.74 Å². The summed E-state index contributed by atoms with van der Waals surface area (Å²) in [4.78, 5) is 0. The highest BCUT2D eigenvalue weighted by Crippen LogP contribution is 2.35. The van der Waals surface area contributed by atoms with Crippen LogP contribution in [0.3, 0.4) is 0 Å². The van der Waals surface area contributed by atoms with Gasteiger partial charge in [0.1, 0.15) is 11.5 Å². The van der Waals surface area contributed by atoms with Gasteiger partial charge in [-0.05, 0) is 47.4 Å². The van der Waals surface area contributed by atoms with E-state index in [0.717, 1.165) is 22.2 Å². The number of hydrogen-bond donors (Lipinski definition) is 0. The predicted octanol–water partition coefficient (Wildman–Crippen LogP) is 6.56. The molecule has 1 nitrogen and oxygen atoms in total. The topological polar surface area (TPSA) is 9.23 Å². The lowest BCUT2D eigenvalue weighted by Gasteiger charge is -2.21. The van der Waals surface area contributed by atoms with Crippen molar-refractivity contribution < 1.29 is 17.9 Å². The molecule has 0 saturated heterocycles. The molecule has 0 amide bonds. The monoisotopic (exact) mass is 372 g/mol. The quantitative estimate of drug-likeness (QED) is 0.579. The molecule has 0 aliphatic carbocycles. The van der Waals surface area contributed by atoms with Crippen molar-refractivity contribution in [2.24, 2.45) is 0 Å². The van der Waals surface area contributed by atoms with E-state index in [0.29, 0.717) is 11.5 Å². The molecule has 2 aromatic rings. The molecule has 0 radical (unpaired) electrons. The first-order valence-corrected chi connectivity index (χ1v) is 7.52. The summed E-state index contributed by atoms with van der Waals surface area (Å²) < 4.78 is 44.0. The van der Waals surface area contributed by atoms with Gasteiger partial charge in [-0.2, -0.15) is 13.2 Å². The minimum absolute atomic E-state index is 0.00821. The summed E-state index contributed by atoms with van der Waals surface area (Å²) in [6.07, 6.45) is -4.34. The Morgan fingerprint density at radius 1 is 0.864 bits per heavy atom. The Morgan fingerprint density at radius 3 is 1.86 bits per heavy atom. The lowest BCUT2D eigenvalue weighted by atomic mass is 9.87. The minimum Gasteiger partial charge on any atom is -0.457 e. The van der Waals surface area contributed by atoms with Crippen LogP contribution in [0.15, 0.2) is 46.9 Å². The molecule has 0 fully saturated rings. The van der Waals surface area contributed by atoms with Crippen LogP contribution in [0, 0.1) is 0 Å². The van der Waals surface area contributed by atoms with Crippen molar-refractivity contribution in [2.45, 2.75) is 32.4 Å². The lowest BCUT2D eigenvalue weighted by molar-refractivity contribution is -0.137. The maximum Gasteiger partial charge on any atom is 0.416 e. The molecule has 0 heterocycles. The van der Waals surface area contributed by atoms with E-state index in [9.17, 15) is 13.2 Å². The summed E-state index contributed by atoms with van der Waals surface area (Å²) >= 11 is 3.51. The highest BCUT2D eigenvalue weighted by Gasteiger charge is 2.30. The van der Waals surface area contributed by atoms with Crippen molar-refractivity contribution in [1.29, 1.82) is 0 Å². The molecule has 0 unspecified atom stereocenters. The van der Waals surface area contributed by atoms with E-state index in [1.165, 1.54) is 12.1 Å². The summed E-state index contributed by atoms with van der Waals surface area (Å²) in [5, 5.41) is 0. The van der Waals surface area contributed by atoms with Gasteiger partial charge >= 0.3 is 6.18 Å². The SMILES string of the molecule is CC(C)(C)c1ccc(Oc2ccc(C(F)(F)F)cc2)cc1Br. The van der Waals surface area contributed by atoms with Gasteiger partial charge in [-0.3, -0.25) is 0 Å². The summed E-state index contributed by atoms with van der Waals surface area (Å²) in [5.41, 5.74) is 0.433. The number of rotatable bonds is 2. The fourth-order valence-electron chi connectivity index (χ4n) is 2.02. The van der Waals surface area contributed by atoms with Crippen molar-refractivity contribution in [3.8, 4) is 11.5 Å². The number of benzene rings is 2. The van der Waals surface area contributed by atoms with Crippen LogP contribution in [-0.4, -0.2) is 0 Å². The molecule has 0 aliphatic rings. The van der Waals surface area contributed by atoms with Gasteiger partial charge in [-0.15, -0.1) is 0 Å². The molecule has 2 aromatic carbocycles. The van der Waals surface area contributed by atoms with E-state index < -0.39 is 11.7 Å². The van der Waals surface area contributed by atoms with Crippen LogP contribution < -0.4 is 4.74 Å². The zero-order valence-corrected chi connectivity index (χ0v) is 14.0. The van der Waals surface area contributed by atoms with Crippen LogP contribution >= 0.6 is 15.9 Å². The second-order valence-electron chi connectivity index (χ2n) is 6.02. The Labute approximate surface area is 136 Å². The van der Waals surface area contributed by atoms with Crippen molar-refractivity contribution >= 4 is 15.9 Å². The fraction of sp³-hybridized carbons (Fsp3) is 0.294. The third-order valence-corrected chi connectivity index (χ3v) is 3.82. The first-order chi connectivity index (χ1) is 10.1. The Bertz CT molecular complexity index is 655. The highest BCUT2D eigenvalue weighted by atomic mass is 79.9. The molecule has 0 spiro atoms. The summed E-state index contributed by atoms with van der Waals surface area (Å²) in [7, 11) is 0. The van der Waals surface area contributed by atoms with Crippen LogP contribution in [0.4, 0.5) is 13.2 Å². The number of alkyl halides is 3. The largest absolute Gasteiger partial charge is 0.457 e. The zero-order chi connectivity index (χ0) is 16.5. The van der Waals surface area contributed by atoms with Gasteiger partial charge in [-0.25, -0.2) is 0 Å². The maximum atomic E-state index is 12.5. The Kier molecular flexibility index (Phi) is 4.57. The van der Waals surface area contributed by atoms with E-state index in [4.69, 9.17) is 4.74 Å². The van der Waals surface area contributed by atoms with E-state index in [1.807, 2.05) is 18.2 Å². The normalized spacial score (nSPS) is 12.3. The van der Waals surface area contributed by atoms with Gasteiger partial charge in [0, 0.05) is 4.47 Å². The van der Waals surface area contributed by atoms with Crippen molar-refractivity contribution in [1.82, 2.24) is 0 Å². The van der Waals surface area contributed by atoms with Crippen molar-refractivity contribution in [3.63, 3.8) is 0 Å². The minimum atomic E-state index is -4.34. The number of ether oxygens (including phenoxy) is 1. The lowest BCUT2D eigenvalue weighted by Crippen LogP contribution is -2.11. The zero-order valence-electron chi connectivity index (χ0n) is 12.5. The van der Waals surface area contributed by atoms with Crippen LogP contribution in [0.5, 0.6) is 11.5 Å². The molecule has 0 aromatic heterocycles. The third-order valence-electron chi connectivity index (χ3n) is 3.17. The molecule has 2 rings (SSSR count). The number of hydrogen-bond acceptors (Lipinski definition) is 1. The van der Waals surface area contributed by atoms with E-state index in [2.05, 4.69) is 36.7 Å². The van der Waals surface area contributed by atoms with Gasteiger partial charge in [0.2, 0.25) is 0 Å². The van der Waals surface area contributed by atoms with E-state index >= 15 is 0 Å². The Morgan fingerprint density at radius 2 is 1.41 bits per heavy atom. The van der Waals surface area contributed by atoms with Gasteiger partial charge in [0.15, 0.2) is 0 Å². The molecule has 0 bridgehead atoms. The van der Waals surface area contributed by atoms with E-state index in [-0.39, 0.29) is 5.41 Å². The molecule has 0 atom stereocenters. The maximum absolute atomic E-state index is 12.5. The predicted molar refractivity (Wildman–Crippen MR) is 84.4 cm³/mol. The van der Waals surface area contributed by atoms with Crippen molar-refractivity contribution in [2.75, 3.05) is 0 Å². The molecule has 118 valence electrons. The average molecular weight is 373 g/mol. The van der Waals surface area contributed by atoms with Gasteiger partial charge in [-0.1, -0.05) is 42.8 Å². The molecule has 5 heteroatoms. The molecule has 0 saturated carbocycles. The summed E-state index contributed by atoms with van der Waals surface area (Å²) in [6.45, 7) is 6.30. The molecular weight excluding hydrogens is 357 g/mol. The third kappa shape index (κ3) is 4.03. The van der Waals surface area contributed by atoms with Crippen LogP contribution in [-0.2, 0) is 11.6 Å². The second kappa shape index (κ2) is 5.95. The Hall–Kier alpha value is -1.49. The fourth-order valence-corrected chi connectivity index (χ4v) is 2.97. The molecule has 0 N–H and O–H groups in total. The smallest absolute Gasteiger partial charge is 0.416 e. The molecule has 0 aliphatic heterocycles. The molecular formula is C17H16BrF3O. The second-order valence-corrected chi connectivity index (χ2v) is 6.87. The van der Waals surface area contributed by atoms with Crippen molar-refractivity contribution in [3.05, 3.63) is 58.1 Å². The van der Waals surface area contributed by atoms with Crippen LogP contribution in [0.1, 0.15) is 31.9 Å². The van der Waals surface area contributed by atoms with E-state index in [1.54, 1.807) is 0 Å². The van der Waals surface area contributed by atoms with Gasteiger partial charge in [0.25, 0.3) is 0 Å². The van der Waals surface area contributed by atoms with Crippen LogP contribution in [0.2, 0.25) is 0 Å². The first-order valence-electron chi connectivity index (χ1n) is 6.72. The standard InChI is InChI=1S/C17H16BrF3O/c1-16(2,3)14-9-8-13(10-15(14)18)22-12-6-4-11(5-7-12)17(19,20)21/h4-10H,1-3H3. The first kappa shape index (κ1) is 16.9. The summed E-state index contributed by atoms with van der Waals surface area (Å²) in [5.74, 6) is 0.933. The van der Waals surface area contributed by atoms with Gasteiger partial charge in [0.05, 0.1) is 5.56 Å².